The molecular formula is C28H26N2O. The van der Waals surface area contributed by atoms with Gasteiger partial charge in [-0.25, -0.2) is 0 Å². The van der Waals surface area contributed by atoms with E-state index < -0.39 is 0 Å². The van der Waals surface area contributed by atoms with Gasteiger partial charge in [0.05, 0.1) is 5.69 Å². The molecular weight excluding hydrogens is 380 g/mol. The monoisotopic (exact) mass is 406 g/mol. The first-order chi connectivity index (χ1) is 15.1. The molecule has 0 aliphatic heterocycles. The SMILES string of the molecule is CN/C=C\C=C(/C)c1[nH]c2ccc(C(C)=O)cc2c1-c1ccc(-c2ccccc2)cc1. The highest BCUT2D eigenvalue weighted by Gasteiger charge is 2.16. The van der Waals surface area contributed by atoms with Crippen molar-refractivity contribution in [3.05, 3.63) is 102 Å². The van der Waals surface area contributed by atoms with Gasteiger partial charge in [0.15, 0.2) is 5.78 Å². The Bertz CT molecular complexity index is 1280. The molecule has 4 aromatic rings. The first kappa shape index (κ1) is 20.4. The van der Waals surface area contributed by atoms with E-state index in [0.29, 0.717) is 0 Å². The molecule has 0 aliphatic rings. The normalized spacial score (nSPS) is 11.9. The van der Waals surface area contributed by atoms with E-state index in [1.807, 2.05) is 43.6 Å². The Hall–Kier alpha value is -3.85. The minimum atomic E-state index is 0.0687. The van der Waals surface area contributed by atoms with Crippen molar-refractivity contribution in [3.8, 4) is 22.3 Å². The number of allylic oxidation sites excluding steroid dienone is 3. The lowest BCUT2D eigenvalue weighted by atomic mass is 9.95. The molecule has 0 saturated carbocycles. The van der Waals surface area contributed by atoms with Gasteiger partial charge in [-0.2, -0.15) is 0 Å². The Morgan fingerprint density at radius 1 is 0.871 bits per heavy atom. The molecule has 0 radical (unpaired) electrons. The molecule has 0 aliphatic carbocycles. The fourth-order valence-corrected chi connectivity index (χ4v) is 3.84. The lowest BCUT2D eigenvalue weighted by molar-refractivity contribution is 0.101. The minimum absolute atomic E-state index is 0.0687. The van der Waals surface area contributed by atoms with E-state index in [1.54, 1.807) is 6.92 Å². The third-order valence-corrected chi connectivity index (χ3v) is 5.49. The van der Waals surface area contributed by atoms with E-state index in [1.165, 1.54) is 11.1 Å². The van der Waals surface area contributed by atoms with E-state index in [2.05, 4.69) is 71.8 Å². The van der Waals surface area contributed by atoms with Crippen LogP contribution in [-0.2, 0) is 0 Å². The topological polar surface area (TPSA) is 44.9 Å². The predicted molar refractivity (Wildman–Crippen MR) is 131 cm³/mol. The summed E-state index contributed by atoms with van der Waals surface area (Å²) in [5.41, 5.74) is 8.53. The summed E-state index contributed by atoms with van der Waals surface area (Å²) < 4.78 is 0. The molecule has 3 nitrogen and oxygen atoms in total. The molecule has 2 N–H and O–H groups in total. The molecule has 3 heteroatoms. The van der Waals surface area contributed by atoms with Gasteiger partial charge in [0.25, 0.3) is 0 Å². The molecule has 4 rings (SSSR count). The highest BCUT2D eigenvalue weighted by atomic mass is 16.1. The standard InChI is InChI=1S/C28H26N2O/c1-19(8-7-17-29-3)28-27(25-18-24(20(2)31)15-16-26(25)30-28)23-13-11-22(12-14-23)21-9-5-4-6-10-21/h4-18,29-30H,1-3H3/b17-7-,19-8+. The van der Waals surface area contributed by atoms with E-state index in [4.69, 9.17) is 0 Å². The number of nitrogens with one attached hydrogen (secondary N) is 2. The number of fused-ring (bicyclic) bond motifs is 1. The Morgan fingerprint density at radius 3 is 2.23 bits per heavy atom. The molecule has 0 unspecified atom stereocenters. The first-order valence-corrected chi connectivity index (χ1v) is 10.4. The van der Waals surface area contributed by atoms with Crippen LogP contribution >= 0.6 is 0 Å². The Labute approximate surface area is 183 Å². The molecule has 1 aromatic heterocycles. The van der Waals surface area contributed by atoms with Crippen LogP contribution in [-0.4, -0.2) is 17.8 Å². The number of H-pyrrole nitrogens is 1. The number of aromatic amines is 1. The van der Waals surface area contributed by atoms with Crippen molar-refractivity contribution in [1.29, 1.82) is 0 Å². The van der Waals surface area contributed by atoms with Gasteiger partial charge in [-0.1, -0.05) is 60.7 Å². The zero-order chi connectivity index (χ0) is 21.8. The Kier molecular flexibility index (Phi) is 5.85. The second-order valence-electron chi connectivity index (χ2n) is 7.63. The molecule has 0 atom stereocenters. The molecule has 0 amide bonds. The molecule has 0 saturated heterocycles. The fraction of sp³-hybridized carbons (Fsp3) is 0.107. The summed E-state index contributed by atoms with van der Waals surface area (Å²) in [4.78, 5) is 15.6. The average Bonchev–Trinajstić information content (AvgIpc) is 3.19. The highest BCUT2D eigenvalue weighted by molar-refractivity contribution is 6.06. The Morgan fingerprint density at radius 2 is 1.55 bits per heavy atom. The van der Waals surface area contributed by atoms with Crippen molar-refractivity contribution in [2.45, 2.75) is 13.8 Å². The predicted octanol–water partition coefficient (Wildman–Crippen LogP) is 6.84. The molecule has 1 heterocycles. The van der Waals surface area contributed by atoms with Crippen LogP contribution in [0.1, 0.15) is 29.9 Å². The maximum atomic E-state index is 12.0. The van der Waals surface area contributed by atoms with Crippen molar-refractivity contribution < 1.29 is 4.79 Å². The van der Waals surface area contributed by atoms with E-state index in [9.17, 15) is 4.79 Å². The summed E-state index contributed by atoms with van der Waals surface area (Å²) in [6.07, 6.45) is 5.97. The lowest BCUT2D eigenvalue weighted by Gasteiger charge is -2.08. The summed E-state index contributed by atoms with van der Waals surface area (Å²) in [6.45, 7) is 3.70. The quantitative estimate of drug-likeness (QED) is 0.272. The number of Topliss-reactive ketones (excluding diaryl/α,β-unsaturated/α-hetero) is 1. The number of ketones is 1. The van der Waals surface area contributed by atoms with Crippen LogP contribution in [0.5, 0.6) is 0 Å². The van der Waals surface area contributed by atoms with Crippen LogP contribution in [0.15, 0.2) is 91.1 Å². The van der Waals surface area contributed by atoms with Gasteiger partial charge in [0.1, 0.15) is 0 Å². The number of benzene rings is 3. The highest BCUT2D eigenvalue weighted by Crippen LogP contribution is 2.37. The first-order valence-electron chi connectivity index (χ1n) is 10.4. The number of carbonyl (C=O) groups excluding carboxylic acids is 1. The summed E-state index contributed by atoms with van der Waals surface area (Å²) in [7, 11) is 1.88. The third-order valence-electron chi connectivity index (χ3n) is 5.49. The maximum absolute atomic E-state index is 12.0. The fourth-order valence-electron chi connectivity index (χ4n) is 3.84. The summed E-state index contributed by atoms with van der Waals surface area (Å²) in [5, 5.41) is 4.07. The second kappa shape index (κ2) is 8.88. The van der Waals surface area contributed by atoms with Gasteiger partial charge in [0, 0.05) is 29.1 Å². The van der Waals surface area contributed by atoms with Gasteiger partial charge in [-0.05, 0) is 66.6 Å². The molecule has 31 heavy (non-hydrogen) atoms. The largest absolute Gasteiger partial charge is 0.394 e. The summed E-state index contributed by atoms with van der Waals surface area (Å²) >= 11 is 0. The van der Waals surface area contributed by atoms with Crippen molar-refractivity contribution in [1.82, 2.24) is 10.3 Å². The number of rotatable bonds is 6. The smallest absolute Gasteiger partial charge is 0.159 e. The zero-order valence-corrected chi connectivity index (χ0v) is 18.1. The van der Waals surface area contributed by atoms with Crippen molar-refractivity contribution in [2.75, 3.05) is 7.05 Å². The number of hydrogen-bond acceptors (Lipinski definition) is 2. The molecule has 154 valence electrons. The van der Waals surface area contributed by atoms with Crippen LogP contribution in [0.2, 0.25) is 0 Å². The van der Waals surface area contributed by atoms with Crippen LogP contribution < -0.4 is 5.32 Å². The summed E-state index contributed by atoms with van der Waals surface area (Å²) in [6, 6.07) is 24.9. The Balaban J connectivity index is 1.88. The van der Waals surface area contributed by atoms with E-state index in [0.717, 1.165) is 38.9 Å². The molecule has 0 spiro atoms. The van der Waals surface area contributed by atoms with Crippen LogP contribution in [0.25, 0.3) is 38.7 Å². The number of hydrogen-bond donors (Lipinski definition) is 2. The van der Waals surface area contributed by atoms with E-state index >= 15 is 0 Å². The van der Waals surface area contributed by atoms with Gasteiger partial charge in [-0.3, -0.25) is 4.79 Å². The van der Waals surface area contributed by atoms with Crippen molar-refractivity contribution in [3.63, 3.8) is 0 Å². The number of aromatic nitrogens is 1. The van der Waals surface area contributed by atoms with Crippen LogP contribution in [0.3, 0.4) is 0 Å². The molecule has 3 aromatic carbocycles. The molecule has 0 fully saturated rings. The van der Waals surface area contributed by atoms with Crippen molar-refractivity contribution in [2.24, 2.45) is 0 Å². The average molecular weight is 407 g/mol. The third kappa shape index (κ3) is 4.22. The number of carbonyl (C=O) groups is 1. The minimum Gasteiger partial charge on any atom is -0.394 e. The summed E-state index contributed by atoms with van der Waals surface area (Å²) in [5.74, 6) is 0.0687. The van der Waals surface area contributed by atoms with Gasteiger partial charge < -0.3 is 10.3 Å². The zero-order valence-electron chi connectivity index (χ0n) is 18.1. The second-order valence-corrected chi connectivity index (χ2v) is 7.63. The van der Waals surface area contributed by atoms with Crippen LogP contribution in [0.4, 0.5) is 0 Å². The van der Waals surface area contributed by atoms with Gasteiger partial charge in [-0.15, -0.1) is 0 Å². The van der Waals surface area contributed by atoms with Crippen LogP contribution in [0, 0.1) is 0 Å². The van der Waals surface area contributed by atoms with Gasteiger partial charge in [0.2, 0.25) is 0 Å². The van der Waals surface area contributed by atoms with E-state index in [-0.39, 0.29) is 5.78 Å². The molecule has 0 bridgehead atoms. The maximum Gasteiger partial charge on any atom is 0.159 e. The van der Waals surface area contributed by atoms with Crippen molar-refractivity contribution >= 4 is 22.3 Å². The lowest BCUT2D eigenvalue weighted by Crippen LogP contribution is -1.91. The van der Waals surface area contributed by atoms with Gasteiger partial charge >= 0.3 is 0 Å².